The molecular formula is C14H17NS. The Hall–Kier alpha value is -1.12. The van der Waals surface area contributed by atoms with Gasteiger partial charge >= 0.3 is 0 Å². The molecule has 0 amide bonds. The van der Waals surface area contributed by atoms with Gasteiger partial charge in [0.05, 0.1) is 0 Å². The Labute approximate surface area is 101 Å². The van der Waals surface area contributed by atoms with Crippen molar-refractivity contribution < 1.29 is 0 Å². The smallest absolute Gasteiger partial charge is 0.0389 e. The lowest BCUT2D eigenvalue weighted by Gasteiger charge is -2.06. The number of rotatable bonds is 4. The van der Waals surface area contributed by atoms with Gasteiger partial charge in [0.15, 0.2) is 0 Å². The maximum Gasteiger partial charge on any atom is 0.0389 e. The molecule has 0 aliphatic carbocycles. The summed E-state index contributed by atoms with van der Waals surface area (Å²) in [6, 6.07) is 15.0. The van der Waals surface area contributed by atoms with Crippen LogP contribution < -0.4 is 5.73 Å². The molecule has 1 aromatic carbocycles. The first kappa shape index (κ1) is 11.4. The van der Waals surface area contributed by atoms with Crippen molar-refractivity contribution in [2.24, 2.45) is 5.73 Å². The lowest BCUT2D eigenvalue weighted by molar-refractivity contribution is 0.648. The first-order valence-electron chi connectivity index (χ1n) is 5.72. The van der Waals surface area contributed by atoms with Crippen LogP contribution in [0.4, 0.5) is 0 Å². The van der Waals surface area contributed by atoms with Crippen molar-refractivity contribution in [2.75, 3.05) is 0 Å². The van der Waals surface area contributed by atoms with Crippen LogP contribution in [0.15, 0.2) is 42.5 Å². The molecule has 0 bridgehead atoms. The van der Waals surface area contributed by atoms with Crippen molar-refractivity contribution in [3.63, 3.8) is 0 Å². The summed E-state index contributed by atoms with van der Waals surface area (Å²) in [6.07, 6.45) is 2.20. The minimum atomic E-state index is 0.201. The van der Waals surface area contributed by atoms with E-state index in [0.717, 1.165) is 12.8 Å². The predicted octanol–water partition coefficient (Wildman–Crippen LogP) is 4.22. The third kappa shape index (κ3) is 2.52. The summed E-state index contributed by atoms with van der Waals surface area (Å²) in [6.45, 7) is 2.17. The Morgan fingerprint density at radius 2 is 1.88 bits per heavy atom. The SMILES string of the molecule is CCCC(N)c1ccc(-c2ccccc2)s1. The molecule has 0 aliphatic rings. The number of thiophene rings is 1. The van der Waals surface area contributed by atoms with Crippen LogP contribution in [-0.2, 0) is 0 Å². The topological polar surface area (TPSA) is 26.0 Å². The lowest BCUT2D eigenvalue weighted by atomic mass is 10.1. The Balaban J connectivity index is 2.20. The van der Waals surface area contributed by atoms with Crippen LogP contribution in [0.2, 0.25) is 0 Å². The normalized spacial score (nSPS) is 12.6. The van der Waals surface area contributed by atoms with Crippen LogP contribution >= 0.6 is 11.3 Å². The molecule has 0 aliphatic heterocycles. The maximum atomic E-state index is 6.11. The van der Waals surface area contributed by atoms with E-state index in [-0.39, 0.29) is 6.04 Å². The van der Waals surface area contributed by atoms with Gasteiger partial charge in [-0.05, 0) is 24.1 Å². The molecule has 2 aromatic rings. The molecule has 0 saturated heterocycles. The van der Waals surface area contributed by atoms with Crippen LogP contribution in [0.1, 0.15) is 30.7 Å². The Kier molecular flexibility index (Phi) is 3.75. The fourth-order valence-corrected chi connectivity index (χ4v) is 2.81. The standard InChI is InChI=1S/C14H17NS/c1-2-6-12(15)14-10-9-13(16-14)11-7-4-3-5-8-11/h3-5,7-10,12H,2,6,15H2,1H3. The van der Waals surface area contributed by atoms with E-state index in [2.05, 4.69) is 43.3 Å². The molecule has 0 saturated carbocycles. The minimum Gasteiger partial charge on any atom is -0.323 e. The second kappa shape index (κ2) is 5.28. The van der Waals surface area contributed by atoms with Crippen LogP contribution in [-0.4, -0.2) is 0 Å². The highest BCUT2D eigenvalue weighted by Gasteiger charge is 2.08. The maximum absolute atomic E-state index is 6.11. The molecule has 16 heavy (non-hydrogen) atoms. The van der Waals surface area contributed by atoms with Crippen LogP contribution in [0.25, 0.3) is 10.4 Å². The average molecular weight is 231 g/mol. The molecule has 2 heteroatoms. The third-order valence-electron chi connectivity index (χ3n) is 2.65. The van der Waals surface area contributed by atoms with Gasteiger partial charge in [-0.2, -0.15) is 0 Å². The molecule has 1 aromatic heterocycles. The van der Waals surface area contributed by atoms with E-state index in [9.17, 15) is 0 Å². The summed E-state index contributed by atoms with van der Waals surface area (Å²) in [7, 11) is 0. The third-order valence-corrected chi connectivity index (χ3v) is 3.92. The quantitative estimate of drug-likeness (QED) is 0.838. The van der Waals surface area contributed by atoms with Crippen LogP contribution in [0.3, 0.4) is 0 Å². The highest BCUT2D eigenvalue weighted by Crippen LogP contribution is 2.31. The van der Waals surface area contributed by atoms with Crippen molar-refractivity contribution in [2.45, 2.75) is 25.8 Å². The number of nitrogens with two attached hydrogens (primary N) is 1. The predicted molar refractivity (Wildman–Crippen MR) is 71.6 cm³/mol. The molecule has 2 N–H and O–H groups in total. The van der Waals surface area contributed by atoms with Gasteiger partial charge < -0.3 is 5.73 Å². The molecule has 1 atom stereocenters. The second-order valence-corrected chi connectivity index (χ2v) is 5.08. The van der Waals surface area contributed by atoms with Gasteiger partial charge in [0.2, 0.25) is 0 Å². The van der Waals surface area contributed by atoms with Crippen molar-refractivity contribution in [1.82, 2.24) is 0 Å². The van der Waals surface area contributed by atoms with E-state index in [0.29, 0.717) is 0 Å². The van der Waals surface area contributed by atoms with E-state index >= 15 is 0 Å². The first-order valence-corrected chi connectivity index (χ1v) is 6.53. The number of benzene rings is 1. The zero-order chi connectivity index (χ0) is 11.4. The van der Waals surface area contributed by atoms with Crippen LogP contribution in [0, 0.1) is 0 Å². The van der Waals surface area contributed by atoms with Gasteiger partial charge in [-0.1, -0.05) is 43.7 Å². The lowest BCUT2D eigenvalue weighted by Crippen LogP contribution is -2.07. The van der Waals surface area contributed by atoms with E-state index in [1.54, 1.807) is 0 Å². The molecular weight excluding hydrogens is 214 g/mol. The molecule has 0 fully saturated rings. The zero-order valence-corrected chi connectivity index (χ0v) is 10.3. The van der Waals surface area contributed by atoms with Gasteiger partial charge in [0.1, 0.15) is 0 Å². The molecule has 1 nitrogen and oxygen atoms in total. The Morgan fingerprint density at radius 3 is 2.56 bits per heavy atom. The van der Waals surface area contributed by atoms with Gasteiger partial charge in [-0.25, -0.2) is 0 Å². The van der Waals surface area contributed by atoms with E-state index < -0.39 is 0 Å². The van der Waals surface area contributed by atoms with Crippen molar-refractivity contribution in [1.29, 1.82) is 0 Å². The zero-order valence-electron chi connectivity index (χ0n) is 9.52. The second-order valence-electron chi connectivity index (χ2n) is 3.96. The highest BCUT2D eigenvalue weighted by molar-refractivity contribution is 7.15. The summed E-state index contributed by atoms with van der Waals surface area (Å²) in [4.78, 5) is 2.60. The number of hydrogen-bond donors (Lipinski definition) is 1. The summed E-state index contributed by atoms with van der Waals surface area (Å²) in [5.74, 6) is 0. The summed E-state index contributed by atoms with van der Waals surface area (Å²) in [5.41, 5.74) is 7.39. The molecule has 1 unspecified atom stereocenters. The van der Waals surface area contributed by atoms with E-state index in [1.165, 1.54) is 15.3 Å². The fourth-order valence-electron chi connectivity index (χ4n) is 1.76. The molecule has 84 valence electrons. The van der Waals surface area contributed by atoms with Gasteiger partial charge in [0, 0.05) is 15.8 Å². The fraction of sp³-hybridized carbons (Fsp3) is 0.286. The molecule has 0 spiro atoms. The van der Waals surface area contributed by atoms with Crippen molar-refractivity contribution in [3.05, 3.63) is 47.3 Å². The molecule has 1 heterocycles. The van der Waals surface area contributed by atoms with Crippen LogP contribution in [0.5, 0.6) is 0 Å². The minimum absolute atomic E-state index is 0.201. The van der Waals surface area contributed by atoms with Crippen molar-refractivity contribution >= 4 is 11.3 Å². The van der Waals surface area contributed by atoms with Gasteiger partial charge in [-0.15, -0.1) is 11.3 Å². The monoisotopic (exact) mass is 231 g/mol. The molecule has 2 rings (SSSR count). The van der Waals surface area contributed by atoms with Gasteiger partial charge in [0.25, 0.3) is 0 Å². The number of hydrogen-bond acceptors (Lipinski definition) is 2. The largest absolute Gasteiger partial charge is 0.323 e. The summed E-state index contributed by atoms with van der Waals surface area (Å²) >= 11 is 1.81. The van der Waals surface area contributed by atoms with Crippen molar-refractivity contribution in [3.8, 4) is 10.4 Å². The summed E-state index contributed by atoms with van der Waals surface area (Å²) in [5, 5.41) is 0. The Bertz CT molecular complexity index is 433. The first-order chi connectivity index (χ1) is 7.81. The highest BCUT2D eigenvalue weighted by atomic mass is 32.1. The van der Waals surface area contributed by atoms with Gasteiger partial charge in [-0.3, -0.25) is 0 Å². The average Bonchev–Trinajstić information content (AvgIpc) is 2.80. The molecule has 0 radical (unpaired) electrons. The van der Waals surface area contributed by atoms with E-state index in [4.69, 9.17) is 5.73 Å². The summed E-state index contributed by atoms with van der Waals surface area (Å²) < 4.78 is 0. The Morgan fingerprint density at radius 1 is 1.12 bits per heavy atom. The van der Waals surface area contributed by atoms with E-state index in [1.807, 2.05) is 17.4 Å².